The number of carbonyl (C=O) groups is 4. The Morgan fingerprint density at radius 1 is 1.12 bits per heavy atom. The Morgan fingerprint density at radius 2 is 1.77 bits per heavy atom. The van der Waals surface area contributed by atoms with Gasteiger partial charge >= 0.3 is 11.8 Å². The second kappa shape index (κ2) is 10.6. The van der Waals surface area contributed by atoms with E-state index in [4.69, 9.17) is 10.5 Å². The number of hydrogen-bond donors (Lipinski definition) is 4. The number of ether oxygens (including phenoxy) is 1. The summed E-state index contributed by atoms with van der Waals surface area (Å²) >= 11 is 0. The van der Waals surface area contributed by atoms with Gasteiger partial charge in [0.15, 0.2) is 0 Å². The summed E-state index contributed by atoms with van der Waals surface area (Å²) in [5.74, 6) is -2.73. The Kier molecular flexibility index (Phi) is 8.44. The van der Waals surface area contributed by atoms with E-state index in [-0.39, 0.29) is 25.5 Å². The first-order valence-electron chi connectivity index (χ1n) is 7.63. The minimum atomic E-state index is -0.942. The van der Waals surface area contributed by atoms with E-state index in [1.165, 1.54) is 38.3 Å². The fourth-order valence-corrected chi connectivity index (χ4v) is 1.74. The Morgan fingerprint density at radius 3 is 2.35 bits per heavy atom. The quantitative estimate of drug-likeness (QED) is 0.210. The van der Waals surface area contributed by atoms with Crippen molar-refractivity contribution < 1.29 is 23.9 Å². The molecule has 0 saturated carbocycles. The molecule has 10 nitrogen and oxygen atoms in total. The summed E-state index contributed by atoms with van der Waals surface area (Å²) in [6.45, 7) is 2.00. The lowest BCUT2D eigenvalue weighted by Gasteiger charge is -2.06. The Hall–Kier alpha value is -3.27. The van der Waals surface area contributed by atoms with Crippen LogP contribution in [0.3, 0.4) is 0 Å². The predicted octanol–water partition coefficient (Wildman–Crippen LogP) is -0.631. The zero-order chi connectivity index (χ0) is 19.5. The van der Waals surface area contributed by atoms with Crippen molar-refractivity contribution >= 4 is 35.0 Å². The molecule has 1 aromatic carbocycles. The number of nitrogens with two attached hydrogens (primary N) is 1. The smallest absolute Gasteiger partial charge is 0.329 e. The van der Waals surface area contributed by atoms with Crippen molar-refractivity contribution in [2.24, 2.45) is 10.8 Å². The summed E-state index contributed by atoms with van der Waals surface area (Å²) < 4.78 is 4.74. The summed E-state index contributed by atoms with van der Waals surface area (Å²) in [5.41, 5.74) is 8.30. The predicted molar refractivity (Wildman–Crippen MR) is 94.3 cm³/mol. The molecule has 10 heteroatoms. The van der Waals surface area contributed by atoms with Gasteiger partial charge < -0.3 is 21.1 Å². The third kappa shape index (κ3) is 7.53. The number of carbonyl (C=O) groups excluding carboxylic acids is 4. The highest BCUT2D eigenvalue weighted by Crippen LogP contribution is 2.09. The average molecular weight is 363 g/mol. The lowest BCUT2D eigenvalue weighted by Crippen LogP contribution is -2.39. The van der Waals surface area contributed by atoms with Crippen molar-refractivity contribution in [3.05, 3.63) is 29.8 Å². The first kappa shape index (κ1) is 20.8. The molecular formula is C16H21N5O5. The van der Waals surface area contributed by atoms with Gasteiger partial charge in [-0.3, -0.25) is 19.2 Å². The van der Waals surface area contributed by atoms with Crippen LogP contribution in [0, 0.1) is 0 Å². The van der Waals surface area contributed by atoms with Gasteiger partial charge in [-0.25, -0.2) is 5.43 Å². The normalized spacial score (nSPS) is 10.8. The molecule has 0 saturated heterocycles. The molecule has 26 heavy (non-hydrogen) atoms. The van der Waals surface area contributed by atoms with Gasteiger partial charge in [0.25, 0.3) is 0 Å². The Labute approximate surface area is 150 Å². The van der Waals surface area contributed by atoms with Crippen LogP contribution in [0.1, 0.15) is 23.7 Å². The highest BCUT2D eigenvalue weighted by atomic mass is 16.5. The Balaban J connectivity index is 2.45. The molecule has 0 aliphatic carbocycles. The number of methoxy groups -OCH3 is 1. The lowest BCUT2D eigenvalue weighted by molar-refractivity contribution is -0.139. The molecule has 0 aromatic heterocycles. The fourth-order valence-electron chi connectivity index (χ4n) is 1.74. The van der Waals surface area contributed by atoms with E-state index in [1.807, 2.05) is 0 Å². The lowest BCUT2D eigenvalue weighted by atomic mass is 10.2. The molecule has 140 valence electrons. The van der Waals surface area contributed by atoms with E-state index in [1.54, 1.807) is 0 Å². The van der Waals surface area contributed by atoms with Crippen LogP contribution >= 0.6 is 0 Å². The van der Waals surface area contributed by atoms with Crippen LogP contribution in [0.4, 0.5) is 5.69 Å². The number of amides is 4. The molecule has 0 radical (unpaired) electrons. The summed E-state index contributed by atoms with van der Waals surface area (Å²) in [4.78, 5) is 45.8. The zero-order valence-electron chi connectivity index (χ0n) is 14.5. The first-order valence-corrected chi connectivity index (χ1v) is 7.63. The number of hydrogen-bond acceptors (Lipinski definition) is 6. The highest BCUT2D eigenvalue weighted by Gasteiger charge is 2.12. The van der Waals surface area contributed by atoms with Crippen LogP contribution in [-0.4, -0.2) is 49.6 Å². The number of rotatable bonds is 8. The van der Waals surface area contributed by atoms with E-state index >= 15 is 0 Å². The highest BCUT2D eigenvalue weighted by molar-refractivity contribution is 6.35. The molecule has 1 rings (SSSR count). The standard InChI is InChI=1S/C16H21N5O5/c1-10(20-21-16(25)15(24)18-7-8-26-2)9-13(22)19-12-5-3-11(4-6-12)14(17)23/h3-6H,7-9H2,1-2H3,(H2,17,23)(H,18,24)(H,19,22)(H,21,25)/b20-10-. The zero-order valence-corrected chi connectivity index (χ0v) is 14.5. The van der Waals surface area contributed by atoms with Crippen molar-refractivity contribution in [3.8, 4) is 0 Å². The van der Waals surface area contributed by atoms with Gasteiger partial charge in [-0.2, -0.15) is 5.10 Å². The van der Waals surface area contributed by atoms with E-state index in [9.17, 15) is 19.2 Å². The maximum absolute atomic E-state index is 11.9. The maximum Gasteiger partial charge on any atom is 0.329 e. The minimum absolute atomic E-state index is 0.0941. The summed E-state index contributed by atoms with van der Waals surface area (Å²) in [5, 5.41) is 8.64. The van der Waals surface area contributed by atoms with E-state index in [0.29, 0.717) is 17.0 Å². The summed E-state index contributed by atoms with van der Waals surface area (Å²) in [6.07, 6.45) is -0.0941. The van der Waals surface area contributed by atoms with E-state index in [0.717, 1.165) is 0 Å². The van der Waals surface area contributed by atoms with Crippen LogP contribution in [0.5, 0.6) is 0 Å². The van der Waals surface area contributed by atoms with Gasteiger partial charge in [-0.15, -0.1) is 0 Å². The maximum atomic E-state index is 11.9. The van der Waals surface area contributed by atoms with Crippen molar-refractivity contribution in [2.45, 2.75) is 13.3 Å². The number of primary amides is 1. The second-order valence-corrected chi connectivity index (χ2v) is 5.20. The summed E-state index contributed by atoms with van der Waals surface area (Å²) in [7, 11) is 1.47. The molecule has 0 fully saturated rings. The Bertz CT molecular complexity index is 699. The van der Waals surface area contributed by atoms with Gasteiger partial charge in [-0.05, 0) is 31.2 Å². The van der Waals surface area contributed by atoms with Crippen molar-refractivity contribution in [1.82, 2.24) is 10.7 Å². The van der Waals surface area contributed by atoms with Crippen molar-refractivity contribution in [3.63, 3.8) is 0 Å². The molecular weight excluding hydrogens is 342 g/mol. The monoisotopic (exact) mass is 363 g/mol. The molecule has 0 spiro atoms. The van der Waals surface area contributed by atoms with Gasteiger partial charge in [0, 0.05) is 30.6 Å². The van der Waals surface area contributed by atoms with Crippen LogP contribution in [0.15, 0.2) is 29.4 Å². The molecule has 0 atom stereocenters. The fraction of sp³-hybridized carbons (Fsp3) is 0.312. The second-order valence-electron chi connectivity index (χ2n) is 5.20. The van der Waals surface area contributed by atoms with Crippen molar-refractivity contribution in [2.75, 3.05) is 25.6 Å². The molecule has 0 aliphatic rings. The number of anilines is 1. The van der Waals surface area contributed by atoms with Crippen LogP contribution in [0.25, 0.3) is 0 Å². The third-order valence-electron chi connectivity index (χ3n) is 3.02. The van der Waals surface area contributed by atoms with Gasteiger partial charge in [0.05, 0.1) is 13.0 Å². The van der Waals surface area contributed by atoms with Crippen LogP contribution in [-0.2, 0) is 19.1 Å². The van der Waals surface area contributed by atoms with E-state index < -0.39 is 17.7 Å². The van der Waals surface area contributed by atoms with Gasteiger partial charge in [0.1, 0.15) is 0 Å². The summed E-state index contributed by atoms with van der Waals surface area (Å²) in [6, 6.07) is 6.05. The number of benzene rings is 1. The molecule has 0 heterocycles. The SMILES string of the molecule is COCCNC(=O)C(=O)N/N=C(/C)CC(=O)Nc1ccc(C(N)=O)cc1. The average Bonchev–Trinajstić information content (AvgIpc) is 2.60. The van der Waals surface area contributed by atoms with Gasteiger partial charge in [-0.1, -0.05) is 0 Å². The number of hydrazone groups is 1. The molecule has 0 bridgehead atoms. The van der Waals surface area contributed by atoms with Crippen LogP contribution in [0.2, 0.25) is 0 Å². The third-order valence-corrected chi connectivity index (χ3v) is 3.02. The molecule has 1 aromatic rings. The molecule has 0 unspecified atom stereocenters. The number of nitrogens with one attached hydrogen (secondary N) is 3. The van der Waals surface area contributed by atoms with E-state index in [2.05, 4.69) is 21.2 Å². The minimum Gasteiger partial charge on any atom is -0.383 e. The molecule has 5 N–H and O–H groups in total. The largest absolute Gasteiger partial charge is 0.383 e. The molecule has 4 amide bonds. The molecule has 0 aliphatic heterocycles. The van der Waals surface area contributed by atoms with Crippen molar-refractivity contribution in [1.29, 1.82) is 0 Å². The number of nitrogens with zero attached hydrogens (tertiary/aromatic N) is 1. The first-order chi connectivity index (χ1) is 12.3. The topological polar surface area (TPSA) is 152 Å². The van der Waals surface area contributed by atoms with Gasteiger partial charge in [0.2, 0.25) is 11.8 Å². The van der Waals surface area contributed by atoms with Crippen LogP contribution < -0.4 is 21.8 Å².